The van der Waals surface area contributed by atoms with E-state index >= 15 is 0 Å². The van der Waals surface area contributed by atoms with Crippen LogP contribution in [0.15, 0.2) is 22.7 Å². The van der Waals surface area contributed by atoms with Crippen molar-refractivity contribution >= 4 is 21.6 Å². The average molecular weight is 287 g/mol. The van der Waals surface area contributed by atoms with Gasteiger partial charge in [-0.1, -0.05) is 22.0 Å². The molecule has 0 amide bonds. The number of halogens is 1. The van der Waals surface area contributed by atoms with E-state index in [1.165, 1.54) is 5.56 Å². The molecule has 3 nitrogen and oxygen atoms in total. The van der Waals surface area contributed by atoms with Gasteiger partial charge < -0.3 is 15.3 Å². The molecule has 1 aromatic rings. The average Bonchev–Trinajstić information content (AvgIpc) is 2.19. The Labute approximate surface area is 106 Å². The lowest BCUT2D eigenvalue weighted by Crippen LogP contribution is -2.31. The Hall–Kier alpha value is -0.580. The maximum Gasteiger partial charge on any atom is 0.0838 e. The molecule has 0 bridgehead atoms. The maximum absolute atomic E-state index is 9.73. The first-order valence-corrected chi connectivity index (χ1v) is 6.11. The number of nitrogens with zero attached hydrogens (tertiary/aromatic N) is 1. The molecule has 0 spiro atoms. The zero-order chi connectivity index (χ0) is 12.1. The molecule has 1 aromatic carbocycles. The van der Waals surface area contributed by atoms with Crippen molar-refractivity contribution in [2.45, 2.75) is 13.0 Å². The Bertz CT molecular complexity index is 342. The molecule has 0 aliphatic heterocycles. The van der Waals surface area contributed by atoms with E-state index in [-0.39, 0.29) is 6.10 Å². The lowest BCUT2D eigenvalue weighted by atomic mass is 10.2. The minimum atomic E-state index is -0.353. The third-order valence-electron chi connectivity index (χ3n) is 2.37. The summed E-state index contributed by atoms with van der Waals surface area (Å²) in [6.07, 6.45) is -0.353. The Morgan fingerprint density at radius 3 is 2.75 bits per heavy atom. The minimum absolute atomic E-state index is 0.353. The van der Waals surface area contributed by atoms with Crippen molar-refractivity contribution in [2.24, 2.45) is 0 Å². The van der Waals surface area contributed by atoms with Gasteiger partial charge in [-0.05, 0) is 38.7 Å². The van der Waals surface area contributed by atoms with Crippen LogP contribution in [-0.4, -0.2) is 43.3 Å². The monoisotopic (exact) mass is 286 g/mol. The highest BCUT2D eigenvalue weighted by atomic mass is 79.9. The van der Waals surface area contributed by atoms with Crippen molar-refractivity contribution in [3.8, 4) is 0 Å². The molecule has 16 heavy (non-hydrogen) atoms. The normalized spacial score (nSPS) is 12.9. The van der Waals surface area contributed by atoms with Gasteiger partial charge in [0.1, 0.15) is 0 Å². The van der Waals surface area contributed by atoms with Gasteiger partial charge in [0.15, 0.2) is 0 Å². The van der Waals surface area contributed by atoms with Gasteiger partial charge in [-0.15, -0.1) is 0 Å². The second-order valence-electron chi connectivity index (χ2n) is 4.21. The minimum Gasteiger partial charge on any atom is -0.390 e. The Kier molecular flexibility index (Phi) is 5.25. The molecule has 0 aromatic heterocycles. The zero-order valence-electron chi connectivity index (χ0n) is 10.00. The van der Waals surface area contributed by atoms with Crippen LogP contribution in [0.1, 0.15) is 5.56 Å². The van der Waals surface area contributed by atoms with Crippen LogP contribution in [0.25, 0.3) is 0 Å². The molecule has 90 valence electrons. The van der Waals surface area contributed by atoms with Gasteiger partial charge in [0.25, 0.3) is 0 Å². The number of likely N-dealkylation sites (N-methyl/N-ethyl adjacent to an activating group) is 1. The highest BCUT2D eigenvalue weighted by Crippen LogP contribution is 2.23. The lowest BCUT2D eigenvalue weighted by Gasteiger charge is -2.18. The Morgan fingerprint density at radius 1 is 1.44 bits per heavy atom. The van der Waals surface area contributed by atoms with Gasteiger partial charge in [-0.3, -0.25) is 0 Å². The number of anilines is 1. The summed E-state index contributed by atoms with van der Waals surface area (Å²) in [4.78, 5) is 1.97. The van der Waals surface area contributed by atoms with Crippen molar-refractivity contribution in [3.63, 3.8) is 0 Å². The van der Waals surface area contributed by atoms with Crippen LogP contribution in [-0.2, 0) is 0 Å². The third kappa shape index (κ3) is 4.12. The van der Waals surface area contributed by atoms with Crippen molar-refractivity contribution in [1.82, 2.24) is 4.90 Å². The fourth-order valence-electron chi connectivity index (χ4n) is 1.51. The van der Waals surface area contributed by atoms with E-state index in [9.17, 15) is 5.11 Å². The summed E-state index contributed by atoms with van der Waals surface area (Å²) in [5.41, 5.74) is 2.23. The summed E-state index contributed by atoms with van der Waals surface area (Å²) in [6.45, 7) is 3.28. The van der Waals surface area contributed by atoms with E-state index in [4.69, 9.17) is 0 Å². The molecule has 0 saturated heterocycles. The molecule has 4 heteroatoms. The molecule has 1 rings (SSSR count). The van der Waals surface area contributed by atoms with Gasteiger partial charge in [-0.25, -0.2) is 0 Å². The molecule has 0 aliphatic carbocycles. The fraction of sp³-hybridized carbons (Fsp3) is 0.500. The van der Waals surface area contributed by atoms with E-state index in [0.717, 1.165) is 10.2 Å². The molecule has 2 N–H and O–H groups in total. The molecule has 1 unspecified atom stereocenters. The first kappa shape index (κ1) is 13.5. The molecule has 0 heterocycles. The Morgan fingerprint density at radius 2 is 2.12 bits per heavy atom. The second kappa shape index (κ2) is 6.23. The lowest BCUT2D eigenvalue weighted by molar-refractivity contribution is 0.148. The van der Waals surface area contributed by atoms with Gasteiger partial charge in [0.05, 0.1) is 6.10 Å². The fourth-order valence-corrected chi connectivity index (χ4v) is 1.88. The second-order valence-corrected chi connectivity index (χ2v) is 5.06. The first-order chi connectivity index (χ1) is 7.50. The summed E-state index contributed by atoms with van der Waals surface area (Å²) in [5.74, 6) is 0. The number of aliphatic hydroxyl groups is 1. The van der Waals surface area contributed by atoms with Crippen LogP contribution >= 0.6 is 15.9 Å². The highest BCUT2D eigenvalue weighted by molar-refractivity contribution is 9.10. The van der Waals surface area contributed by atoms with E-state index in [0.29, 0.717) is 13.1 Å². The third-order valence-corrected chi connectivity index (χ3v) is 3.23. The standard InChI is InChI=1S/C12H19BrN2O/c1-9-11(13)5-4-6-12(9)14-7-10(16)8-15(2)3/h4-6,10,14,16H,7-8H2,1-3H3. The topological polar surface area (TPSA) is 35.5 Å². The smallest absolute Gasteiger partial charge is 0.0838 e. The predicted molar refractivity (Wildman–Crippen MR) is 71.9 cm³/mol. The number of hydrogen-bond acceptors (Lipinski definition) is 3. The van der Waals surface area contributed by atoms with Crippen molar-refractivity contribution < 1.29 is 5.11 Å². The van der Waals surface area contributed by atoms with Crippen LogP contribution in [0, 0.1) is 6.92 Å². The molecule has 0 aliphatic rings. The summed E-state index contributed by atoms with van der Waals surface area (Å²) >= 11 is 3.48. The van der Waals surface area contributed by atoms with Crippen molar-refractivity contribution in [1.29, 1.82) is 0 Å². The van der Waals surface area contributed by atoms with Gasteiger partial charge in [-0.2, -0.15) is 0 Å². The largest absolute Gasteiger partial charge is 0.390 e. The van der Waals surface area contributed by atoms with E-state index in [1.54, 1.807) is 0 Å². The number of benzene rings is 1. The SMILES string of the molecule is Cc1c(Br)cccc1NCC(O)CN(C)C. The zero-order valence-corrected chi connectivity index (χ0v) is 11.6. The first-order valence-electron chi connectivity index (χ1n) is 5.32. The van der Waals surface area contributed by atoms with Crippen LogP contribution in [0.3, 0.4) is 0 Å². The quantitative estimate of drug-likeness (QED) is 0.870. The van der Waals surface area contributed by atoms with Gasteiger partial charge in [0.2, 0.25) is 0 Å². The number of aliphatic hydroxyl groups excluding tert-OH is 1. The summed E-state index contributed by atoms with van der Waals surface area (Å²) in [6, 6.07) is 6.01. The van der Waals surface area contributed by atoms with E-state index in [2.05, 4.69) is 21.2 Å². The maximum atomic E-state index is 9.73. The number of rotatable bonds is 5. The molecule has 0 fully saturated rings. The predicted octanol–water partition coefficient (Wildman–Crippen LogP) is 2.09. The molecule has 1 atom stereocenters. The van der Waals surface area contributed by atoms with Gasteiger partial charge in [0, 0.05) is 23.2 Å². The van der Waals surface area contributed by atoms with Crippen LogP contribution in [0.5, 0.6) is 0 Å². The molecule has 0 saturated carbocycles. The van der Waals surface area contributed by atoms with Crippen LogP contribution in [0.2, 0.25) is 0 Å². The molecule has 0 radical (unpaired) electrons. The van der Waals surface area contributed by atoms with Crippen LogP contribution in [0.4, 0.5) is 5.69 Å². The molecular weight excluding hydrogens is 268 g/mol. The van der Waals surface area contributed by atoms with Crippen molar-refractivity contribution in [3.05, 3.63) is 28.2 Å². The summed E-state index contributed by atoms with van der Waals surface area (Å²) in [7, 11) is 3.90. The summed E-state index contributed by atoms with van der Waals surface area (Å²) < 4.78 is 1.08. The number of nitrogens with one attached hydrogen (secondary N) is 1. The van der Waals surface area contributed by atoms with E-state index < -0.39 is 0 Å². The Balaban J connectivity index is 2.51. The van der Waals surface area contributed by atoms with E-state index in [1.807, 2.05) is 44.1 Å². The highest BCUT2D eigenvalue weighted by Gasteiger charge is 2.06. The van der Waals surface area contributed by atoms with Gasteiger partial charge >= 0.3 is 0 Å². The summed E-state index contributed by atoms with van der Waals surface area (Å²) in [5, 5.41) is 13.0. The number of hydrogen-bond donors (Lipinski definition) is 2. The molecular formula is C12H19BrN2O. The van der Waals surface area contributed by atoms with Crippen molar-refractivity contribution in [2.75, 3.05) is 32.5 Å². The van der Waals surface area contributed by atoms with Crippen LogP contribution < -0.4 is 5.32 Å².